The zero-order valence-corrected chi connectivity index (χ0v) is 23.9. The fourth-order valence-corrected chi connectivity index (χ4v) is 5.40. The minimum Gasteiger partial charge on any atom is -0.355 e. The number of nitro groups is 1. The number of hydrogen-bond donors (Lipinski definition) is 1. The van der Waals surface area contributed by atoms with Crippen LogP contribution in [0.5, 0.6) is 0 Å². The average Bonchev–Trinajstić information content (AvgIpc) is 3.00. The Hall–Kier alpha value is -5.17. The number of nitrogens with two attached hydrogens (primary N) is 1. The molecule has 5 rings (SSSR count). The van der Waals surface area contributed by atoms with Crippen LogP contribution >= 0.6 is 0 Å². The molecule has 2 heterocycles. The SMILES string of the molecule is Cc1c(N2CCN(Cc3cccc([N+](=O)[O-])c3)C(=O)C2)c(=O)n(CC(N)c2ccccc2)c(=O)n1Cc1c(F)cccc1F. The van der Waals surface area contributed by atoms with Crippen molar-refractivity contribution in [3.63, 3.8) is 0 Å². The van der Waals surface area contributed by atoms with Gasteiger partial charge in [-0.05, 0) is 30.2 Å². The van der Waals surface area contributed by atoms with E-state index in [4.69, 9.17) is 5.73 Å². The van der Waals surface area contributed by atoms with Gasteiger partial charge in [0.2, 0.25) is 5.91 Å². The van der Waals surface area contributed by atoms with E-state index in [1.807, 2.05) is 0 Å². The van der Waals surface area contributed by atoms with E-state index >= 15 is 0 Å². The number of nitro benzene ring substituents is 1. The largest absolute Gasteiger partial charge is 0.355 e. The van der Waals surface area contributed by atoms with E-state index < -0.39 is 40.4 Å². The lowest BCUT2D eigenvalue weighted by atomic mass is 10.1. The summed E-state index contributed by atoms with van der Waals surface area (Å²) in [5.74, 6) is -2.03. The number of carbonyl (C=O) groups excluding carboxylic acids is 1. The van der Waals surface area contributed by atoms with Gasteiger partial charge >= 0.3 is 5.69 Å². The van der Waals surface area contributed by atoms with Crippen LogP contribution in [0.1, 0.15) is 28.4 Å². The highest BCUT2D eigenvalue weighted by Gasteiger charge is 2.30. The minimum absolute atomic E-state index is 0.0463. The maximum Gasteiger partial charge on any atom is 0.331 e. The molecule has 1 amide bonds. The van der Waals surface area contributed by atoms with Crippen molar-refractivity contribution in [1.29, 1.82) is 0 Å². The summed E-state index contributed by atoms with van der Waals surface area (Å²) in [6.45, 7) is 1.10. The molecule has 1 fully saturated rings. The lowest BCUT2D eigenvalue weighted by molar-refractivity contribution is -0.384. The summed E-state index contributed by atoms with van der Waals surface area (Å²) < 4.78 is 31.4. The molecule has 3 aromatic carbocycles. The van der Waals surface area contributed by atoms with Crippen molar-refractivity contribution in [2.24, 2.45) is 5.73 Å². The Bertz CT molecular complexity index is 1820. The predicted molar refractivity (Wildman–Crippen MR) is 159 cm³/mol. The van der Waals surface area contributed by atoms with Crippen LogP contribution < -0.4 is 21.9 Å². The van der Waals surface area contributed by atoms with Crippen LogP contribution in [0.3, 0.4) is 0 Å². The third kappa shape index (κ3) is 6.13. The number of nitrogens with zero attached hydrogens (tertiary/aromatic N) is 5. The summed E-state index contributed by atoms with van der Waals surface area (Å²) >= 11 is 0. The van der Waals surface area contributed by atoms with Crippen LogP contribution in [-0.2, 0) is 24.4 Å². The molecule has 228 valence electrons. The van der Waals surface area contributed by atoms with Crippen molar-refractivity contribution in [2.75, 3.05) is 24.5 Å². The third-order valence-electron chi connectivity index (χ3n) is 7.77. The van der Waals surface area contributed by atoms with Crippen molar-refractivity contribution >= 4 is 17.3 Å². The minimum atomic E-state index is -0.846. The van der Waals surface area contributed by atoms with Crippen LogP contribution in [0.4, 0.5) is 20.2 Å². The van der Waals surface area contributed by atoms with Gasteiger partial charge in [0.05, 0.1) is 24.6 Å². The molecule has 1 aromatic heterocycles. The molecule has 0 aliphatic carbocycles. The highest BCUT2D eigenvalue weighted by molar-refractivity contribution is 5.83. The van der Waals surface area contributed by atoms with Gasteiger partial charge in [0.1, 0.15) is 17.3 Å². The van der Waals surface area contributed by atoms with Crippen LogP contribution in [0.15, 0.2) is 82.4 Å². The number of halogens is 2. The van der Waals surface area contributed by atoms with Gasteiger partial charge in [-0.2, -0.15) is 0 Å². The quantitative estimate of drug-likeness (QED) is 0.229. The van der Waals surface area contributed by atoms with E-state index in [0.29, 0.717) is 11.1 Å². The van der Waals surface area contributed by atoms with E-state index in [1.54, 1.807) is 47.4 Å². The average molecular weight is 605 g/mol. The van der Waals surface area contributed by atoms with E-state index in [2.05, 4.69) is 0 Å². The Labute approximate surface area is 250 Å². The number of carbonyl (C=O) groups is 1. The van der Waals surface area contributed by atoms with Crippen molar-refractivity contribution < 1.29 is 18.5 Å². The van der Waals surface area contributed by atoms with Gasteiger partial charge in [0.15, 0.2) is 0 Å². The molecule has 1 saturated heterocycles. The Morgan fingerprint density at radius 3 is 2.25 bits per heavy atom. The molecule has 4 aromatic rings. The number of benzene rings is 3. The van der Waals surface area contributed by atoms with Crippen LogP contribution in [0.2, 0.25) is 0 Å². The first-order valence-corrected chi connectivity index (χ1v) is 13.9. The molecule has 0 bridgehead atoms. The molecule has 1 aliphatic rings. The highest BCUT2D eigenvalue weighted by atomic mass is 19.1. The predicted octanol–water partition coefficient (Wildman–Crippen LogP) is 3.10. The molecule has 0 saturated carbocycles. The monoisotopic (exact) mass is 604 g/mol. The standard InChI is InChI=1S/C31H30F2N6O5/c1-20-29(36-14-13-35(28(40)19-36)16-21-7-5-10-23(15-21)39(43)44)30(41)38(18-27(34)22-8-3-2-4-9-22)31(42)37(20)17-24-25(32)11-6-12-26(24)33/h2-12,15,27H,13-14,16-19,34H2,1H3. The fourth-order valence-electron chi connectivity index (χ4n) is 5.40. The summed E-state index contributed by atoms with van der Waals surface area (Å²) in [4.78, 5) is 54.6. The molecule has 13 heteroatoms. The zero-order valence-electron chi connectivity index (χ0n) is 23.9. The molecular weight excluding hydrogens is 574 g/mol. The topological polar surface area (TPSA) is 137 Å². The number of aromatic nitrogens is 2. The van der Waals surface area contributed by atoms with Crippen molar-refractivity contribution in [2.45, 2.75) is 32.6 Å². The summed E-state index contributed by atoms with van der Waals surface area (Å²) in [7, 11) is 0. The number of amides is 1. The smallest absolute Gasteiger partial charge is 0.331 e. The molecule has 44 heavy (non-hydrogen) atoms. The van der Waals surface area contributed by atoms with Gasteiger partial charge in [0, 0.05) is 49.1 Å². The van der Waals surface area contributed by atoms with Gasteiger partial charge in [-0.3, -0.25) is 28.8 Å². The first kappa shape index (κ1) is 30.3. The summed E-state index contributed by atoms with van der Waals surface area (Å²) in [6, 6.07) is 17.5. The molecule has 2 N–H and O–H groups in total. The first-order chi connectivity index (χ1) is 21.0. The van der Waals surface area contributed by atoms with Crippen molar-refractivity contribution in [3.05, 3.63) is 138 Å². The van der Waals surface area contributed by atoms with Crippen LogP contribution in [-0.4, -0.2) is 44.5 Å². The molecule has 1 aliphatic heterocycles. The van der Waals surface area contributed by atoms with E-state index in [-0.39, 0.29) is 61.3 Å². The maximum atomic E-state index is 14.7. The highest BCUT2D eigenvalue weighted by Crippen LogP contribution is 2.22. The first-order valence-electron chi connectivity index (χ1n) is 13.9. The molecular formula is C31H30F2N6O5. The second kappa shape index (κ2) is 12.6. The normalized spacial score (nSPS) is 14.1. The number of piperazine rings is 1. The third-order valence-corrected chi connectivity index (χ3v) is 7.77. The Morgan fingerprint density at radius 1 is 0.909 bits per heavy atom. The second-order valence-electron chi connectivity index (χ2n) is 10.6. The molecule has 0 radical (unpaired) electrons. The Morgan fingerprint density at radius 2 is 1.59 bits per heavy atom. The number of anilines is 1. The number of hydrogen-bond acceptors (Lipinski definition) is 7. The van der Waals surface area contributed by atoms with Crippen LogP contribution in [0.25, 0.3) is 0 Å². The summed E-state index contributed by atoms with van der Waals surface area (Å²) in [5, 5.41) is 11.2. The second-order valence-corrected chi connectivity index (χ2v) is 10.6. The summed E-state index contributed by atoms with van der Waals surface area (Å²) in [6.07, 6.45) is 0. The molecule has 0 spiro atoms. The zero-order chi connectivity index (χ0) is 31.5. The van der Waals surface area contributed by atoms with Gasteiger partial charge in [0.25, 0.3) is 11.2 Å². The molecule has 1 atom stereocenters. The van der Waals surface area contributed by atoms with Gasteiger partial charge in [-0.1, -0.05) is 48.5 Å². The Balaban J connectivity index is 1.51. The maximum absolute atomic E-state index is 14.7. The van der Waals surface area contributed by atoms with Gasteiger partial charge in [-0.25, -0.2) is 13.6 Å². The Kier molecular flexibility index (Phi) is 8.67. The van der Waals surface area contributed by atoms with E-state index in [9.17, 15) is 33.3 Å². The number of non-ortho nitro benzene ring substituents is 1. The molecule has 11 nitrogen and oxygen atoms in total. The van der Waals surface area contributed by atoms with Gasteiger partial charge in [-0.15, -0.1) is 0 Å². The van der Waals surface area contributed by atoms with Gasteiger partial charge < -0.3 is 15.5 Å². The van der Waals surface area contributed by atoms with Crippen LogP contribution in [0, 0.1) is 28.7 Å². The van der Waals surface area contributed by atoms with Crippen molar-refractivity contribution in [3.8, 4) is 0 Å². The molecule has 1 unspecified atom stereocenters. The lowest BCUT2D eigenvalue weighted by Crippen LogP contribution is -2.53. The van der Waals surface area contributed by atoms with E-state index in [1.165, 1.54) is 30.0 Å². The van der Waals surface area contributed by atoms with E-state index in [0.717, 1.165) is 21.3 Å². The fraction of sp³-hybridized carbons (Fsp3) is 0.258. The lowest BCUT2D eigenvalue weighted by Gasteiger charge is -2.36. The number of rotatable bonds is 9. The summed E-state index contributed by atoms with van der Waals surface area (Å²) in [5.41, 5.74) is 5.92. The van der Waals surface area contributed by atoms with Crippen molar-refractivity contribution in [1.82, 2.24) is 14.0 Å².